The highest BCUT2D eigenvalue weighted by molar-refractivity contribution is 6.10. The highest BCUT2D eigenvalue weighted by Gasteiger charge is 2.19. The lowest BCUT2D eigenvalue weighted by Gasteiger charge is -2.15. The van der Waals surface area contributed by atoms with Gasteiger partial charge >= 0.3 is 5.97 Å². The Bertz CT molecular complexity index is 1100. The number of ether oxygens (including phenoxy) is 2. The molecule has 3 rings (SSSR count). The number of unbranched alkanes of at least 4 members (excludes halogenated alkanes) is 1. The molecule has 0 aliphatic heterocycles. The molecule has 2 N–H and O–H groups in total. The van der Waals surface area contributed by atoms with E-state index in [-0.39, 0.29) is 11.3 Å². The number of nitrogens with one attached hydrogen (secondary N) is 1. The Hall–Kier alpha value is -3.74. The van der Waals surface area contributed by atoms with Gasteiger partial charge in [0.2, 0.25) is 0 Å². The third-order valence-electron chi connectivity index (χ3n) is 5.03. The molecular weight excluding hydrogens is 417 g/mol. The SMILES string of the molecule is BCCOc1ccc(OCCCC)c(C(=O)Nc2cc(-c3ccccc3)ccc2C(=O)O)c1. The molecule has 0 aliphatic carbocycles. The molecule has 6 nitrogen and oxygen atoms in total. The first-order valence-electron chi connectivity index (χ1n) is 11.2. The second-order valence-corrected chi connectivity index (χ2v) is 7.59. The summed E-state index contributed by atoms with van der Waals surface area (Å²) in [4.78, 5) is 25.1. The lowest BCUT2D eigenvalue weighted by molar-refractivity contribution is 0.0698. The summed E-state index contributed by atoms with van der Waals surface area (Å²) in [6, 6.07) is 19.6. The van der Waals surface area contributed by atoms with E-state index in [1.807, 2.05) is 38.2 Å². The minimum Gasteiger partial charge on any atom is -0.494 e. The van der Waals surface area contributed by atoms with Crippen LogP contribution in [0.5, 0.6) is 11.5 Å². The smallest absolute Gasteiger partial charge is 0.337 e. The molecule has 3 aromatic carbocycles. The van der Waals surface area contributed by atoms with Crippen LogP contribution < -0.4 is 14.8 Å². The summed E-state index contributed by atoms with van der Waals surface area (Å²) in [5.41, 5.74) is 2.24. The van der Waals surface area contributed by atoms with Gasteiger partial charge in [0, 0.05) is 0 Å². The van der Waals surface area contributed by atoms with Crippen molar-refractivity contribution < 1.29 is 24.2 Å². The number of anilines is 1. The van der Waals surface area contributed by atoms with Crippen LogP contribution >= 0.6 is 0 Å². The molecule has 0 aromatic heterocycles. The van der Waals surface area contributed by atoms with E-state index >= 15 is 0 Å². The summed E-state index contributed by atoms with van der Waals surface area (Å²) >= 11 is 0. The van der Waals surface area contributed by atoms with Gasteiger partial charge in [0.25, 0.3) is 5.91 Å². The molecule has 0 fully saturated rings. The number of carboxylic acid groups (broad SMARTS) is 1. The number of hydrogen-bond acceptors (Lipinski definition) is 4. The molecule has 0 spiro atoms. The van der Waals surface area contributed by atoms with E-state index in [4.69, 9.17) is 9.47 Å². The molecule has 3 aromatic rings. The molecule has 0 unspecified atom stereocenters. The van der Waals surface area contributed by atoms with Gasteiger partial charge in [0.15, 0.2) is 0 Å². The first-order chi connectivity index (χ1) is 16.0. The molecule has 170 valence electrons. The summed E-state index contributed by atoms with van der Waals surface area (Å²) < 4.78 is 11.5. The highest BCUT2D eigenvalue weighted by atomic mass is 16.5. The maximum absolute atomic E-state index is 13.3. The minimum absolute atomic E-state index is 0.00914. The van der Waals surface area contributed by atoms with E-state index < -0.39 is 11.9 Å². The van der Waals surface area contributed by atoms with E-state index in [1.165, 1.54) is 6.07 Å². The van der Waals surface area contributed by atoms with Crippen LogP contribution in [0.1, 0.15) is 40.5 Å². The van der Waals surface area contributed by atoms with Crippen molar-refractivity contribution in [1.82, 2.24) is 0 Å². The largest absolute Gasteiger partial charge is 0.494 e. The van der Waals surface area contributed by atoms with Gasteiger partial charge in [-0.1, -0.05) is 49.7 Å². The fourth-order valence-corrected chi connectivity index (χ4v) is 3.28. The van der Waals surface area contributed by atoms with E-state index in [9.17, 15) is 14.7 Å². The Balaban J connectivity index is 1.95. The van der Waals surface area contributed by atoms with Gasteiger partial charge in [-0.2, -0.15) is 0 Å². The zero-order valence-electron chi connectivity index (χ0n) is 19.0. The van der Waals surface area contributed by atoms with Gasteiger partial charge < -0.3 is 19.9 Å². The van der Waals surface area contributed by atoms with Gasteiger partial charge in [0.05, 0.1) is 30.0 Å². The van der Waals surface area contributed by atoms with Crippen LogP contribution in [0.2, 0.25) is 6.32 Å². The zero-order valence-corrected chi connectivity index (χ0v) is 19.0. The second-order valence-electron chi connectivity index (χ2n) is 7.59. The number of carbonyl (C=O) groups is 2. The number of amides is 1. The van der Waals surface area contributed by atoms with Gasteiger partial charge in [-0.25, -0.2) is 4.79 Å². The normalized spacial score (nSPS) is 10.5. The Labute approximate surface area is 195 Å². The predicted molar refractivity (Wildman–Crippen MR) is 132 cm³/mol. The quantitative estimate of drug-likeness (QED) is 0.324. The Morgan fingerprint density at radius 1 is 0.909 bits per heavy atom. The van der Waals surface area contributed by atoms with Crippen LogP contribution in [0.25, 0.3) is 11.1 Å². The lowest BCUT2D eigenvalue weighted by atomic mass is 10.0. The van der Waals surface area contributed by atoms with Crippen molar-refractivity contribution in [2.75, 3.05) is 18.5 Å². The summed E-state index contributed by atoms with van der Waals surface area (Å²) in [6.07, 6.45) is 2.66. The molecular formula is C26H28BNO5. The van der Waals surface area contributed by atoms with Crippen LogP contribution in [0, 0.1) is 0 Å². The van der Waals surface area contributed by atoms with Crippen LogP contribution in [0.3, 0.4) is 0 Å². The maximum atomic E-state index is 13.3. The summed E-state index contributed by atoms with van der Waals surface area (Å²) in [6.45, 7) is 3.07. The van der Waals surface area contributed by atoms with Crippen LogP contribution in [0.15, 0.2) is 66.7 Å². The molecule has 0 bridgehead atoms. The van der Waals surface area contributed by atoms with E-state index in [2.05, 4.69) is 12.2 Å². The highest BCUT2D eigenvalue weighted by Crippen LogP contribution is 2.29. The number of rotatable bonds is 11. The van der Waals surface area contributed by atoms with Crippen LogP contribution in [0.4, 0.5) is 5.69 Å². The molecule has 0 saturated carbocycles. The molecule has 0 heterocycles. The molecule has 0 atom stereocenters. The molecule has 0 aliphatic rings. The van der Waals surface area contributed by atoms with Crippen molar-refractivity contribution in [1.29, 1.82) is 0 Å². The molecule has 33 heavy (non-hydrogen) atoms. The Morgan fingerprint density at radius 3 is 2.39 bits per heavy atom. The number of carboxylic acids is 1. The van der Waals surface area contributed by atoms with Crippen molar-refractivity contribution in [2.24, 2.45) is 0 Å². The first kappa shape index (κ1) is 23.9. The standard InChI is InChI=1S/C26H28BNO5/c1-2-3-14-33-24-12-10-20(32-15-13-27)17-22(24)25(29)28-23-16-19(9-11-21(23)26(30)31)18-7-5-4-6-8-18/h4-12,16-17H,2-3,13-15,27H2,1H3,(H,28,29)(H,30,31). The summed E-state index contributed by atoms with van der Waals surface area (Å²) in [5.74, 6) is -0.595. The fourth-order valence-electron chi connectivity index (χ4n) is 3.28. The maximum Gasteiger partial charge on any atom is 0.337 e. The minimum atomic E-state index is -1.12. The molecule has 0 radical (unpaired) electrons. The summed E-state index contributed by atoms with van der Waals surface area (Å²) in [5, 5.41) is 12.4. The van der Waals surface area contributed by atoms with Gasteiger partial charge in [0.1, 0.15) is 19.3 Å². The van der Waals surface area contributed by atoms with Gasteiger partial charge in [-0.15, -0.1) is 0 Å². The predicted octanol–water partition coefficient (Wildman–Crippen LogP) is 4.91. The van der Waals surface area contributed by atoms with Gasteiger partial charge in [-0.3, -0.25) is 4.79 Å². The fraction of sp³-hybridized carbons (Fsp3) is 0.231. The number of hydrogen-bond donors (Lipinski definition) is 2. The second kappa shape index (κ2) is 11.8. The van der Waals surface area contributed by atoms with Crippen LogP contribution in [-0.4, -0.2) is 38.0 Å². The average Bonchev–Trinajstić information content (AvgIpc) is 2.83. The zero-order chi connectivity index (χ0) is 23.6. The monoisotopic (exact) mass is 445 g/mol. The third-order valence-corrected chi connectivity index (χ3v) is 5.03. The third kappa shape index (κ3) is 6.38. The summed E-state index contributed by atoms with van der Waals surface area (Å²) in [7, 11) is 2.00. The lowest BCUT2D eigenvalue weighted by Crippen LogP contribution is -2.16. The van der Waals surface area contributed by atoms with Crippen molar-refractivity contribution in [3.63, 3.8) is 0 Å². The van der Waals surface area contributed by atoms with Crippen molar-refractivity contribution in [3.05, 3.63) is 77.9 Å². The first-order valence-corrected chi connectivity index (χ1v) is 11.2. The molecule has 1 amide bonds. The number of carbonyl (C=O) groups excluding carboxylic acids is 1. The number of benzene rings is 3. The molecule has 0 saturated heterocycles. The molecule has 7 heteroatoms. The van der Waals surface area contributed by atoms with E-state index in [0.717, 1.165) is 30.3 Å². The van der Waals surface area contributed by atoms with E-state index in [0.29, 0.717) is 30.3 Å². The van der Waals surface area contributed by atoms with Crippen molar-refractivity contribution >= 4 is 25.4 Å². The van der Waals surface area contributed by atoms with E-state index in [1.54, 1.807) is 30.3 Å². The van der Waals surface area contributed by atoms with Crippen molar-refractivity contribution in [2.45, 2.75) is 26.1 Å². The topological polar surface area (TPSA) is 84.9 Å². The van der Waals surface area contributed by atoms with Crippen molar-refractivity contribution in [3.8, 4) is 22.6 Å². The Kier molecular flexibility index (Phi) is 8.53. The van der Waals surface area contributed by atoms with Gasteiger partial charge in [-0.05, 0) is 54.2 Å². The Morgan fingerprint density at radius 2 is 1.70 bits per heavy atom. The average molecular weight is 445 g/mol. The van der Waals surface area contributed by atoms with Crippen LogP contribution in [-0.2, 0) is 0 Å². The number of aromatic carboxylic acids is 1.